The Morgan fingerprint density at radius 3 is 2.15 bits per heavy atom. The van der Waals surface area contributed by atoms with Crippen LogP contribution >= 0.6 is 11.6 Å². The van der Waals surface area contributed by atoms with Crippen LogP contribution in [0, 0.1) is 12.8 Å². The normalized spacial score (nSPS) is 12.0. The SMILES string of the molecule is COc1ccc(C)cc1N(CC(=O)N(Cc1ccccc1Cl)[C@@H](Cc1ccccc1)C(=O)NCC(C)C)S(=O)(=O)c1ccccc1. The number of carbonyl (C=O) groups excluding carboxylic acids is 2. The number of hydrogen-bond donors (Lipinski definition) is 1. The third kappa shape index (κ3) is 8.68. The van der Waals surface area contributed by atoms with Crippen molar-refractivity contribution in [1.82, 2.24) is 10.2 Å². The van der Waals surface area contributed by atoms with Gasteiger partial charge in [0.15, 0.2) is 0 Å². The van der Waals surface area contributed by atoms with Crippen LogP contribution in [0.15, 0.2) is 108 Å². The van der Waals surface area contributed by atoms with E-state index < -0.39 is 28.5 Å². The lowest BCUT2D eigenvalue weighted by molar-refractivity contribution is -0.140. The number of ether oxygens (including phenoxy) is 1. The molecule has 8 nitrogen and oxygen atoms in total. The van der Waals surface area contributed by atoms with Crippen LogP contribution in [-0.2, 0) is 32.6 Å². The number of aryl methyl sites for hydroxylation is 1. The van der Waals surface area contributed by atoms with Gasteiger partial charge in [-0.05, 0) is 59.9 Å². The van der Waals surface area contributed by atoms with E-state index in [9.17, 15) is 18.0 Å². The maximum absolute atomic E-state index is 14.6. The summed E-state index contributed by atoms with van der Waals surface area (Å²) >= 11 is 6.57. The van der Waals surface area contributed by atoms with Crippen molar-refractivity contribution in [2.24, 2.45) is 5.92 Å². The molecule has 0 aliphatic carbocycles. The predicted octanol–water partition coefficient (Wildman–Crippen LogP) is 6.26. The third-order valence-corrected chi connectivity index (χ3v) is 9.61. The number of methoxy groups -OCH3 is 1. The fourth-order valence-corrected chi connectivity index (χ4v) is 6.65. The average molecular weight is 662 g/mol. The van der Waals surface area contributed by atoms with E-state index in [2.05, 4.69) is 5.32 Å². The van der Waals surface area contributed by atoms with E-state index in [1.807, 2.05) is 51.1 Å². The molecule has 0 radical (unpaired) electrons. The molecule has 46 heavy (non-hydrogen) atoms. The summed E-state index contributed by atoms with van der Waals surface area (Å²) in [6.45, 7) is 5.60. The molecule has 0 unspecified atom stereocenters. The van der Waals surface area contributed by atoms with Gasteiger partial charge in [0.25, 0.3) is 10.0 Å². The molecular weight excluding hydrogens is 622 g/mol. The summed E-state index contributed by atoms with van der Waals surface area (Å²) in [5, 5.41) is 3.41. The Balaban J connectivity index is 1.85. The lowest BCUT2D eigenvalue weighted by Gasteiger charge is -2.34. The van der Waals surface area contributed by atoms with E-state index in [-0.39, 0.29) is 41.1 Å². The van der Waals surface area contributed by atoms with Gasteiger partial charge < -0.3 is 15.0 Å². The molecule has 4 rings (SSSR count). The van der Waals surface area contributed by atoms with Crippen molar-refractivity contribution in [1.29, 1.82) is 0 Å². The summed E-state index contributed by atoms with van der Waals surface area (Å²) < 4.78 is 35.1. The average Bonchev–Trinajstić information content (AvgIpc) is 3.05. The maximum Gasteiger partial charge on any atom is 0.264 e. The summed E-state index contributed by atoms with van der Waals surface area (Å²) in [6, 6.07) is 28.6. The fourth-order valence-electron chi connectivity index (χ4n) is 5.01. The minimum absolute atomic E-state index is 0.0134. The van der Waals surface area contributed by atoms with Gasteiger partial charge in [-0.2, -0.15) is 0 Å². The van der Waals surface area contributed by atoms with Gasteiger partial charge in [-0.25, -0.2) is 8.42 Å². The summed E-state index contributed by atoms with van der Waals surface area (Å²) in [5.74, 6) is -0.465. The van der Waals surface area contributed by atoms with Crippen molar-refractivity contribution in [2.45, 2.75) is 44.7 Å². The lowest BCUT2D eigenvalue weighted by atomic mass is 10.0. The molecule has 1 atom stereocenters. The van der Waals surface area contributed by atoms with Crippen molar-refractivity contribution in [3.8, 4) is 5.75 Å². The highest BCUT2D eigenvalue weighted by molar-refractivity contribution is 7.92. The Bertz CT molecular complexity index is 1730. The Kier molecular flexibility index (Phi) is 11.8. The van der Waals surface area contributed by atoms with Crippen LogP contribution in [0.4, 0.5) is 5.69 Å². The first-order chi connectivity index (χ1) is 22.0. The van der Waals surface area contributed by atoms with Crippen molar-refractivity contribution in [3.63, 3.8) is 0 Å². The molecule has 1 N–H and O–H groups in total. The zero-order valence-corrected chi connectivity index (χ0v) is 28.1. The van der Waals surface area contributed by atoms with Crippen LogP contribution in [-0.4, -0.2) is 51.4 Å². The van der Waals surface area contributed by atoms with Crippen LogP contribution in [0.25, 0.3) is 0 Å². The second-order valence-corrected chi connectivity index (χ2v) is 13.7. The minimum atomic E-state index is -4.26. The van der Waals surface area contributed by atoms with Crippen molar-refractivity contribution in [3.05, 3.63) is 125 Å². The van der Waals surface area contributed by atoms with Crippen LogP contribution < -0.4 is 14.4 Å². The molecule has 0 aromatic heterocycles. The number of hydrogen-bond acceptors (Lipinski definition) is 5. The van der Waals surface area contributed by atoms with Crippen molar-refractivity contribution >= 4 is 39.1 Å². The number of nitrogens with one attached hydrogen (secondary N) is 1. The lowest BCUT2D eigenvalue weighted by Crippen LogP contribution is -2.53. The van der Waals surface area contributed by atoms with Crippen LogP contribution in [0.5, 0.6) is 5.75 Å². The number of rotatable bonds is 14. The molecule has 0 saturated carbocycles. The van der Waals surface area contributed by atoms with Gasteiger partial charge in [0.1, 0.15) is 18.3 Å². The van der Waals surface area contributed by atoms with Crippen molar-refractivity contribution < 1.29 is 22.7 Å². The summed E-state index contributed by atoms with van der Waals surface area (Å²) in [4.78, 5) is 30.0. The van der Waals surface area contributed by atoms with Gasteiger partial charge in [0, 0.05) is 24.5 Å². The van der Waals surface area contributed by atoms with Crippen LogP contribution in [0.2, 0.25) is 5.02 Å². The van der Waals surface area contributed by atoms with E-state index in [0.29, 0.717) is 17.1 Å². The minimum Gasteiger partial charge on any atom is -0.495 e. The zero-order valence-electron chi connectivity index (χ0n) is 26.5. The first-order valence-electron chi connectivity index (χ1n) is 15.1. The molecule has 0 aliphatic rings. The standard InChI is InChI=1S/C36H40ClN3O5S/c1-26(2)23-38-36(42)33(22-28-13-7-5-8-14-28)39(24-29-15-11-12-18-31(29)37)35(41)25-40(32-21-27(3)19-20-34(32)45-4)46(43,44)30-16-9-6-10-17-30/h5-21,26,33H,22-25H2,1-4H3,(H,38,42)/t33-/m0/s1. The number of amides is 2. The van der Waals surface area contributed by atoms with E-state index >= 15 is 0 Å². The van der Waals surface area contributed by atoms with Gasteiger partial charge in [0.2, 0.25) is 11.8 Å². The van der Waals surface area contributed by atoms with Crippen LogP contribution in [0.1, 0.15) is 30.5 Å². The summed E-state index contributed by atoms with van der Waals surface area (Å²) in [6.07, 6.45) is 0.208. The molecule has 0 heterocycles. The molecule has 4 aromatic carbocycles. The second kappa shape index (κ2) is 15.8. The van der Waals surface area contributed by atoms with Crippen LogP contribution in [0.3, 0.4) is 0 Å². The van der Waals surface area contributed by atoms with Gasteiger partial charge in [-0.15, -0.1) is 0 Å². The van der Waals surface area contributed by atoms with Gasteiger partial charge in [0.05, 0.1) is 17.7 Å². The van der Waals surface area contributed by atoms with E-state index in [4.69, 9.17) is 16.3 Å². The van der Waals surface area contributed by atoms with E-state index in [1.54, 1.807) is 60.7 Å². The number of nitrogens with zero attached hydrogens (tertiary/aromatic N) is 2. The van der Waals surface area contributed by atoms with E-state index in [0.717, 1.165) is 15.4 Å². The molecule has 4 aromatic rings. The molecule has 242 valence electrons. The maximum atomic E-state index is 14.6. The smallest absolute Gasteiger partial charge is 0.264 e. The number of benzene rings is 4. The summed E-state index contributed by atoms with van der Waals surface area (Å²) in [5.41, 5.74) is 2.46. The molecule has 0 fully saturated rings. The van der Waals surface area contributed by atoms with Gasteiger partial charge >= 0.3 is 0 Å². The molecule has 0 spiro atoms. The molecule has 10 heteroatoms. The predicted molar refractivity (Wildman–Crippen MR) is 182 cm³/mol. The Morgan fingerprint density at radius 2 is 1.52 bits per heavy atom. The summed E-state index contributed by atoms with van der Waals surface area (Å²) in [7, 11) is -2.81. The molecular formula is C36H40ClN3O5S. The second-order valence-electron chi connectivity index (χ2n) is 11.5. The highest BCUT2D eigenvalue weighted by Crippen LogP contribution is 2.34. The number of sulfonamides is 1. The number of halogens is 1. The Hall–Kier alpha value is -4.34. The highest BCUT2D eigenvalue weighted by Gasteiger charge is 2.35. The number of carbonyl (C=O) groups is 2. The molecule has 0 saturated heterocycles. The van der Waals surface area contributed by atoms with E-state index in [1.165, 1.54) is 24.1 Å². The molecule has 0 bridgehead atoms. The van der Waals surface area contributed by atoms with Gasteiger partial charge in [-0.3, -0.25) is 13.9 Å². The third-order valence-electron chi connectivity index (χ3n) is 7.47. The van der Waals surface area contributed by atoms with Crippen molar-refractivity contribution in [2.75, 3.05) is 24.5 Å². The molecule has 2 amide bonds. The topological polar surface area (TPSA) is 96.0 Å². The highest BCUT2D eigenvalue weighted by atomic mass is 35.5. The Morgan fingerprint density at radius 1 is 0.891 bits per heavy atom. The zero-order chi connectivity index (χ0) is 33.3. The van der Waals surface area contributed by atoms with Gasteiger partial charge in [-0.1, -0.05) is 98.2 Å². The largest absolute Gasteiger partial charge is 0.495 e. The molecule has 0 aliphatic heterocycles. The number of anilines is 1. The first kappa shape index (κ1) is 34.5. The fraction of sp³-hybridized carbons (Fsp3) is 0.278. The first-order valence-corrected chi connectivity index (χ1v) is 16.9. The monoisotopic (exact) mass is 661 g/mol. The quantitative estimate of drug-likeness (QED) is 0.172. The Labute approximate surface area is 277 Å².